The highest BCUT2D eigenvalue weighted by atomic mass is 32.2. The third-order valence-electron chi connectivity index (χ3n) is 3.14. The largest absolute Gasteiger partial charge is 0.480 e. The lowest BCUT2D eigenvalue weighted by Crippen LogP contribution is -2.47. The van der Waals surface area contributed by atoms with Crippen LogP contribution in [-0.2, 0) is 19.1 Å². The van der Waals surface area contributed by atoms with Crippen molar-refractivity contribution in [2.24, 2.45) is 5.92 Å². The van der Waals surface area contributed by atoms with Gasteiger partial charge in [0.15, 0.2) is 11.2 Å². The number of carboxylic acids is 1. The summed E-state index contributed by atoms with van der Waals surface area (Å²) in [7, 11) is 1.45. The Morgan fingerprint density at radius 3 is 2.58 bits per heavy atom. The van der Waals surface area contributed by atoms with E-state index in [0.29, 0.717) is 18.7 Å². The Balaban J connectivity index is 2.69. The van der Waals surface area contributed by atoms with Crippen LogP contribution < -0.4 is 0 Å². The molecule has 1 amide bonds. The minimum absolute atomic E-state index is 0.0503. The van der Waals surface area contributed by atoms with Crippen LogP contribution in [0.2, 0.25) is 0 Å². The third kappa shape index (κ3) is 3.94. The second-order valence-electron chi connectivity index (χ2n) is 4.58. The van der Waals surface area contributed by atoms with E-state index in [1.807, 2.05) is 0 Å². The highest BCUT2D eigenvalue weighted by Crippen LogP contribution is 2.24. The molecule has 1 heterocycles. The van der Waals surface area contributed by atoms with Gasteiger partial charge in [-0.1, -0.05) is 18.7 Å². The number of nitrogens with zero attached hydrogens (tertiary/aromatic N) is 1. The zero-order chi connectivity index (χ0) is 14.6. The Labute approximate surface area is 116 Å². The number of carbonyl (C=O) groups is 3. The van der Waals surface area contributed by atoms with Gasteiger partial charge < -0.3 is 14.7 Å². The Bertz CT molecular complexity index is 373. The van der Waals surface area contributed by atoms with E-state index in [1.165, 1.54) is 18.9 Å². The van der Waals surface area contributed by atoms with Crippen LogP contribution in [0.1, 0.15) is 20.3 Å². The number of rotatable bonds is 5. The van der Waals surface area contributed by atoms with E-state index in [0.717, 1.165) is 11.8 Å². The van der Waals surface area contributed by atoms with Gasteiger partial charge in [0, 0.05) is 32.2 Å². The van der Waals surface area contributed by atoms with Crippen LogP contribution in [0.25, 0.3) is 0 Å². The molecule has 1 aliphatic heterocycles. The summed E-state index contributed by atoms with van der Waals surface area (Å²) in [6.07, 6.45) is 0.0558. The van der Waals surface area contributed by atoms with Gasteiger partial charge in [-0.15, -0.1) is 0 Å². The predicted molar refractivity (Wildman–Crippen MR) is 70.9 cm³/mol. The summed E-state index contributed by atoms with van der Waals surface area (Å²) in [5.41, 5.74) is 0. The van der Waals surface area contributed by atoms with Crippen molar-refractivity contribution in [3.8, 4) is 0 Å². The fourth-order valence-electron chi connectivity index (χ4n) is 2.15. The van der Waals surface area contributed by atoms with Crippen molar-refractivity contribution in [2.45, 2.75) is 32.4 Å². The first-order chi connectivity index (χ1) is 8.88. The fraction of sp³-hybridized carbons (Fsp3) is 0.750. The first-order valence-electron chi connectivity index (χ1n) is 6.08. The maximum absolute atomic E-state index is 12.2. The lowest BCUT2D eigenvalue weighted by Gasteiger charge is -2.26. The standard InChI is InChI=1S/C12H19NO5S/c1-7(6-19-8(2)14)11(15)13-5-4-9(18-3)10(13)12(16)17/h7,9-10H,4-6H2,1-3H3,(H,16,17)/t7?,9-,10+/m1/s1. The minimum Gasteiger partial charge on any atom is -0.480 e. The van der Waals surface area contributed by atoms with Crippen molar-refractivity contribution in [1.82, 2.24) is 4.90 Å². The summed E-state index contributed by atoms with van der Waals surface area (Å²) in [4.78, 5) is 35.7. The predicted octanol–water partition coefficient (Wildman–Crippen LogP) is 0.603. The number of hydrogen-bond donors (Lipinski definition) is 1. The molecule has 1 fully saturated rings. The zero-order valence-electron chi connectivity index (χ0n) is 11.3. The van der Waals surface area contributed by atoms with Crippen LogP contribution in [0.5, 0.6) is 0 Å². The van der Waals surface area contributed by atoms with Crippen LogP contribution in [0.3, 0.4) is 0 Å². The molecule has 0 saturated carbocycles. The lowest BCUT2D eigenvalue weighted by atomic mass is 10.1. The van der Waals surface area contributed by atoms with Crippen molar-refractivity contribution in [2.75, 3.05) is 19.4 Å². The van der Waals surface area contributed by atoms with E-state index < -0.39 is 18.1 Å². The quantitative estimate of drug-likeness (QED) is 0.798. The van der Waals surface area contributed by atoms with E-state index in [1.54, 1.807) is 6.92 Å². The van der Waals surface area contributed by atoms with Gasteiger partial charge in [0.1, 0.15) is 0 Å². The van der Waals surface area contributed by atoms with Gasteiger partial charge >= 0.3 is 5.97 Å². The maximum Gasteiger partial charge on any atom is 0.329 e. The summed E-state index contributed by atoms with van der Waals surface area (Å²) in [6.45, 7) is 3.53. The van der Waals surface area contributed by atoms with Crippen LogP contribution in [-0.4, -0.2) is 58.6 Å². The number of ether oxygens (including phenoxy) is 1. The van der Waals surface area contributed by atoms with Gasteiger partial charge in [0.05, 0.1) is 6.10 Å². The molecule has 0 aromatic rings. The van der Waals surface area contributed by atoms with Crippen LogP contribution in [0.15, 0.2) is 0 Å². The van der Waals surface area contributed by atoms with Crippen LogP contribution in [0.4, 0.5) is 0 Å². The Morgan fingerprint density at radius 2 is 2.11 bits per heavy atom. The topological polar surface area (TPSA) is 83.9 Å². The molecule has 1 unspecified atom stereocenters. The summed E-state index contributed by atoms with van der Waals surface area (Å²) in [5, 5.41) is 9.15. The van der Waals surface area contributed by atoms with E-state index in [2.05, 4.69) is 0 Å². The molecule has 0 spiro atoms. The van der Waals surface area contributed by atoms with Crippen molar-refractivity contribution >= 4 is 28.8 Å². The van der Waals surface area contributed by atoms with Gasteiger partial charge in [-0.2, -0.15) is 0 Å². The molecule has 19 heavy (non-hydrogen) atoms. The molecular formula is C12H19NO5S. The zero-order valence-corrected chi connectivity index (χ0v) is 12.1. The normalized spacial score (nSPS) is 24.3. The first kappa shape index (κ1) is 16.0. The number of carboxylic acid groups (broad SMARTS) is 1. The molecule has 1 saturated heterocycles. The van der Waals surface area contributed by atoms with Gasteiger partial charge in [0.25, 0.3) is 0 Å². The number of carbonyl (C=O) groups excluding carboxylic acids is 2. The Kier molecular flexibility index (Phi) is 5.81. The summed E-state index contributed by atoms with van der Waals surface area (Å²) < 4.78 is 5.11. The third-order valence-corrected chi connectivity index (χ3v) is 4.21. The van der Waals surface area contributed by atoms with Crippen molar-refractivity contribution in [1.29, 1.82) is 0 Å². The average molecular weight is 289 g/mol. The van der Waals surface area contributed by atoms with Gasteiger partial charge in [-0.05, 0) is 6.42 Å². The second kappa shape index (κ2) is 6.91. The molecule has 0 aromatic heterocycles. The van der Waals surface area contributed by atoms with E-state index in [4.69, 9.17) is 4.74 Å². The van der Waals surface area contributed by atoms with Crippen molar-refractivity contribution < 1.29 is 24.2 Å². The fourth-order valence-corrected chi connectivity index (χ4v) is 2.77. The average Bonchev–Trinajstić information content (AvgIpc) is 2.78. The first-order valence-corrected chi connectivity index (χ1v) is 7.06. The molecule has 0 radical (unpaired) electrons. The van der Waals surface area contributed by atoms with Gasteiger partial charge in [-0.25, -0.2) is 4.79 Å². The molecule has 0 aromatic carbocycles. The van der Waals surface area contributed by atoms with E-state index in [-0.39, 0.29) is 16.9 Å². The number of methoxy groups -OCH3 is 1. The molecule has 0 aliphatic carbocycles. The summed E-state index contributed by atoms with van der Waals surface area (Å²) >= 11 is 1.08. The molecule has 1 N–H and O–H groups in total. The summed E-state index contributed by atoms with van der Waals surface area (Å²) in [5.74, 6) is -1.30. The SMILES string of the molecule is CO[C@@H]1CCN(C(=O)C(C)CSC(C)=O)[C@@H]1C(=O)O. The van der Waals surface area contributed by atoms with Crippen molar-refractivity contribution in [3.63, 3.8) is 0 Å². The highest BCUT2D eigenvalue weighted by Gasteiger charge is 2.43. The molecule has 0 bridgehead atoms. The summed E-state index contributed by atoms with van der Waals surface area (Å²) in [6, 6.07) is -0.928. The maximum atomic E-state index is 12.2. The monoisotopic (exact) mass is 289 g/mol. The van der Waals surface area contributed by atoms with Gasteiger partial charge in [-0.3, -0.25) is 9.59 Å². The number of aliphatic carboxylic acids is 1. The highest BCUT2D eigenvalue weighted by molar-refractivity contribution is 8.13. The minimum atomic E-state index is -1.05. The Hall–Kier alpha value is -1.08. The molecule has 108 valence electrons. The van der Waals surface area contributed by atoms with E-state index in [9.17, 15) is 19.5 Å². The number of amides is 1. The lowest BCUT2D eigenvalue weighted by molar-refractivity contribution is -0.152. The number of thioether (sulfide) groups is 1. The molecule has 3 atom stereocenters. The van der Waals surface area contributed by atoms with E-state index >= 15 is 0 Å². The smallest absolute Gasteiger partial charge is 0.329 e. The molecular weight excluding hydrogens is 270 g/mol. The number of likely N-dealkylation sites (tertiary alicyclic amines) is 1. The number of hydrogen-bond acceptors (Lipinski definition) is 5. The van der Waals surface area contributed by atoms with Crippen LogP contribution in [0, 0.1) is 5.92 Å². The molecule has 7 heteroatoms. The Morgan fingerprint density at radius 1 is 1.47 bits per heavy atom. The molecule has 6 nitrogen and oxygen atoms in total. The van der Waals surface area contributed by atoms with Crippen molar-refractivity contribution in [3.05, 3.63) is 0 Å². The molecule has 1 rings (SSSR count). The van der Waals surface area contributed by atoms with Crippen LogP contribution >= 0.6 is 11.8 Å². The second-order valence-corrected chi connectivity index (χ2v) is 5.78. The molecule has 1 aliphatic rings. The van der Waals surface area contributed by atoms with Gasteiger partial charge in [0.2, 0.25) is 5.91 Å².